The first kappa shape index (κ1) is 31.9. The van der Waals surface area contributed by atoms with Gasteiger partial charge < -0.3 is 4.42 Å². The zero-order valence-corrected chi connectivity index (χ0v) is 30.2. The molecule has 11 aromatic rings. The molecule has 262 valence electrons. The predicted octanol–water partition coefficient (Wildman–Crippen LogP) is 13.2. The first-order valence-electron chi connectivity index (χ1n) is 18.8. The van der Waals surface area contributed by atoms with E-state index in [0.29, 0.717) is 17.6 Å². The minimum Gasteiger partial charge on any atom is -0.454 e. The molecule has 0 spiro atoms. The third-order valence-corrected chi connectivity index (χ3v) is 10.7. The summed E-state index contributed by atoms with van der Waals surface area (Å²) in [4.78, 5) is 15.8. The van der Waals surface area contributed by atoms with Crippen LogP contribution in [0.1, 0.15) is 0 Å². The number of benzene rings is 8. The molecule has 11 rings (SSSR count). The second-order valence-electron chi connectivity index (χ2n) is 14.0. The van der Waals surface area contributed by atoms with Crippen LogP contribution in [0, 0.1) is 0 Å². The molecule has 0 unspecified atom stereocenters. The lowest BCUT2D eigenvalue weighted by molar-refractivity contribution is 0.670. The van der Waals surface area contributed by atoms with Crippen molar-refractivity contribution in [2.75, 3.05) is 0 Å². The van der Waals surface area contributed by atoms with Gasteiger partial charge >= 0.3 is 0 Å². The Labute approximate surface area is 322 Å². The molecule has 0 aliphatic heterocycles. The molecule has 0 N–H and O–H groups in total. The molecule has 5 nitrogen and oxygen atoms in total. The summed E-state index contributed by atoms with van der Waals surface area (Å²) in [5, 5.41) is 4.28. The van der Waals surface area contributed by atoms with Crippen LogP contribution >= 0.6 is 0 Å². The molecular formula is C51H32N4O. The Balaban J connectivity index is 1.19. The van der Waals surface area contributed by atoms with Crippen LogP contribution in [-0.4, -0.2) is 19.5 Å². The average molecular weight is 717 g/mol. The van der Waals surface area contributed by atoms with Crippen molar-refractivity contribution in [3.63, 3.8) is 0 Å². The quantitative estimate of drug-likeness (QED) is 0.172. The summed E-state index contributed by atoms with van der Waals surface area (Å²) in [5.41, 5.74) is 12.2. The number of para-hydroxylation sites is 1. The third kappa shape index (κ3) is 5.29. The largest absolute Gasteiger partial charge is 0.454 e. The average Bonchev–Trinajstić information content (AvgIpc) is 3.84. The fourth-order valence-electron chi connectivity index (χ4n) is 8.00. The molecular weight excluding hydrogens is 685 g/mol. The van der Waals surface area contributed by atoms with E-state index >= 15 is 0 Å². The number of hydrogen-bond donors (Lipinski definition) is 0. The van der Waals surface area contributed by atoms with Crippen molar-refractivity contribution >= 4 is 43.7 Å². The van der Waals surface area contributed by atoms with E-state index in [1.807, 2.05) is 24.3 Å². The SMILES string of the molecule is c1ccc(-c2ccc(-c3nc(-c4ccc(-c5ccccc5)cc4)nc(-n4c5cccc(-c6ccccc6)c5c5ccc6c7ccccc7oc6c54)n3)cc2)cc1. The summed E-state index contributed by atoms with van der Waals surface area (Å²) in [6, 6.07) is 67.4. The first-order valence-corrected chi connectivity index (χ1v) is 18.8. The third-order valence-electron chi connectivity index (χ3n) is 10.7. The zero-order chi connectivity index (χ0) is 37.0. The number of aromatic nitrogens is 4. The molecule has 0 fully saturated rings. The van der Waals surface area contributed by atoms with Crippen molar-refractivity contribution in [3.05, 3.63) is 194 Å². The van der Waals surface area contributed by atoms with Crippen molar-refractivity contribution in [1.82, 2.24) is 19.5 Å². The Morgan fingerprint density at radius 3 is 1.46 bits per heavy atom. The normalized spacial score (nSPS) is 11.6. The fourth-order valence-corrected chi connectivity index (χ4v) is 8.00. The molecule has 56 heavy (non-hydrogen) atoms. The fraction of sp³-hybridized carbons (Fsp3) is 0. The first-order chi connectivity index (χ1) is 27.8. The van der Waals surface area contributed by atoms with E-state index in [1.54, 1.807) is 0 Å². The molecule has 0 radical (unpaired) electrons. The van der Waals surface area contributed by atoms with Crippen molar-refractivity contribution in [2.24, 2.45) is 0 Å². The van der Waals surface area contributed by atoms with Gasteiger partial charge in [-0.15, -0.1) is 0 Å². The number of rotatable bonds is 6. The van der Waals surface area contributed by atoms with Crippen LogP contribution in [-0.2, 0) is 0 Å². The lowest BCUT2D eigenvalue weighted by Crippen LogP contribution is -2.06. The summed E-state index contributed by atoms with van der Waals surface area (Å²) in [6.07, 6.45) is 0. The Morgan fingerprint density at radius 2 is 0.857 bits per heavy atom. The van der Waals surface area contributed by atoms with Crippen molar-refractivity contribution in [1.29, 1.82) is 0 Å². The zero-order valence-electron chi connectivity index (χ0n) is 30.2. The van der Waals surface area contributed by atoms with E-state index < -0.39 is 0 Å². The van der Waals surface area contributed by atoms with Gasteiger partial charge in [0.2, 0.25) is 5.95 Å². The monoisotopic (exact) mass is 716 g/mol. The number of fused-ring (bicyclic) bond motifs is 7. The maximum Gasteiger partial charge on any atom is 0.238 e. The van der Waals surface area contributed by atoms with Crippen LogP contribution in [0.2, 0.25) is 0 Å². The van der Waals surface area contributed by atoms with Crippen LogP contribution in [0.15, 0.2) is 199 Å². The molecule has 0 amide bonds. The van der Waals surface area contributed by atoms with Gasteiger partial charge in [0.05, 0.1) is 5.52 Å². The van der Waals surface area contributed by atoms with Gasteiger partial charge in [0.1, 0.15) is 11.1 Å². The van der Waals surface area contributed by atoms with Crippen molar-refractivity contribution < 1.29 is 4.42 Å². The standard InChI is InChI=1S/C51H32N4O/c1-4-13-33(14-5-1)35-23-27-38(28-24-35)49-52-50(39-29-25-36(26-30-39)34-15-6-2-7-16-34)54-51(53-49)55-44-21-12-20-40(37-17-8-3-9-18-37)46(44)43-32-31-42-41-19-10-11-22-45(41)56-48(42)47(43)55/h1-32H. The molecule has 0 saturated carbocycles. The Morgan fingerprint density at radius 1 is 0.357 bits per heavy atom. The molecule has 0 bridgehead atoms. The predicted molar refractivity (Wildman–Crippen MR) is 229 cm³/mol. The lowest BCUT2D eigenvalue weighted by Gasteiger charge is -2.12. The molecule has 0 atom stereocenters. The van der Waals surface area contributed by atoms with Crippen molar-refractivity contribution in [3.8, 4) is 62.1 Å². The van der Waals surface area contributed by atoms with Crippen LogP contribution in [0.25, 0.3) is 106 Å². The van der Waals surface area contributed by atoms with E-state index in [2.05, 4.69) is 174 Å². The highest BCUT2D eigenvalue weighted by Crippen LogP contribution is 2.43. The molecule has 0 saturated heterocycles. The lowest BCUT2D eigenvalue weighted by atomic mass is 9.99. The smallest absolute Gasteiger partial charge is 0.238 e. The summed E-state index contributed by atoms with van der Waals surface area (Å²) >= 11 is 0. The summed E-state index contributed by atoms with van der Waals surface area (Å²) in [5.74, 6) is 1.69. The van der Waals surface area contributed by atoms with E-state index in [9.17, 15) is 0 Å². The Hall–Kier alpha value is -7.63. The molecule has 8 aromatic carbocycles. The van der Waals surface area contributed by atoms with Gasteiger partial charge in [0.25, 0.3) is 0 Å². The van der Waals surface area contributed by atoms with Gasteiger partial charge in [-0.3, -0.25) is 4.57 Å². The molecule has 3 aromatic heterocycles. The van der Waals surface area contributed by atoms with Gasteiger partial charge in [-0.25, -0.2) is 4.98 Å². The highest BCUT2D eigenvalue weighted by Gasteiger charge is 2.24. The number of furan rings is 1. The van der Waals surface area contributed by atoms with Gasteiger partial charge in [0.15, 0.2) is 17.2 Å². The Kier molecular flexibility index (Phi) is 7.42. The molecule has 0 aliphatic carbocycles. The van der Waals surface area contributed by atoms with Gasteiger partial charge in [-0.1, -0.05) is 176 Å². The second kappa shape index (κ2) is 13.0. The van der Waals surface area contributed by atoms with E-state index in [-0.39, 0.29) is 0 Å². The maximum atomic E-state index is 6.75. The Bertz CT molecular complexity index is 3100. The minimum atomic E-state index is 0.516. The maximum absolute atomic E-state index is 6.75. The highest BCUT2D eigenvalue weighted by molar-refractivity contribution is 6.24. The van der Waals surface area contributed by atoms with E-state index in [0.717, 1.165) is 88.3 Å². The van der Waals surface area contributed by atoms with Crippen molar-refractivity contribution in [2.45, 2.75) is 0 Å². The van der Waals surface area contributed by atoms with Crippen LogP contribution < -0.4 is 0 Å². The molecule has 0 aliphatic rings. The topological polar surface area (TPSA) is 56.7 Å². The molecule has 3 heterocycles. The number of hydrogen-bond acceptors (Lipinski definition) is 4. The van der Waals surface area contributed by atoms with Crippen LogP contribution in [0.3, 0.4) is 0 Å². The second-order valence-corrected chi connectivity index (χ2v) is 14.0. The minimum absolute atomic E-state index is 0.516. The molecule has 5 heteroatoms. The number of nitrogens with zero attached hydrogens (tertiary/aromatic N) is 4. The summed E-state index contributed by atoms with van der Waals surface area (Å²) in [6.45, 7) is 0. The summed E-state index contributed by atoms with van der Waals surface area (Å²) in [7, 11) is 0. The van der Waals surface area contributed by atoms with Crippen LogP contribution in [0.5, 0.6) is 0 Å². The van der Waals surface area contributed by atoms with Gasteiger partial charge in [-0.05, 0) is 51.6 Å². The van der Waals surface area contributed by atoms with Gasteiger partial charge in [-0.2, -0.15) is 9.97 Å². The summed E-state index contributed by atoms with van der Waals surface area (Å²) < 4.78 is 8.92. The van der Waals surface area contributed by atoms with Crippen LogP contribution in [0.4, 0.5) is 0 Å². The van der Waals surface area contributed by atoms with Gasteiger partial charge in [0, 0.05) is 32.7 Å². The highest BCUT2D eigenvalue weighted by atomic mass is 16.3. The van der Waals surface area contributed by atoms with E-state index in [1.165, 1.54) is 0 Å². The van der Waals surface area contributed by atoms with E-state index in [4.69, 9.17) is 19.4 Å².